The predicted octanol–water partition coefficient (Wildman–Crippen LogP) is 4.83. The fourth-order valence-electron chi connectivity index (χ4n) is 2.34. The molecule has 0 aliphatic rings. The zero-order chi connectivity index (χ0) is 18.1. The second kappa shape index (κ2) is 9.52. The van der Waals surface area contributed by atoms with Crippen molar-refractivity contribution in [3.05, 3.63) is 65.2 Å². The standard InChI is InChI=1S/C21H24O4/c1-3-4-14-25-20-15-18(21(22)23)11-10-17(20)7-5-6-16-8-12-19(24-2)13-9-16/h5,7-13,15H,3-4,6,14H2,1-2H3,(H,22,23)/b7-5+. The van der Waals surface area contributed by atoms with E-state index in [4.69, 9.17) is 14.6 Å². The number of carbonyl (C=O) groups is 1. The highest BCUT2D eigenvalue weighted by Crippen LogP contribution is 2.23. The van der Waals surface area contributed by atoms with Gasteiger partial charge in [-0.3, -0.25) is 0 Å². The molecule has 0 saturated carbocycles. The summed E-state index contributed by atoms with van der Waals surface area (Å²) in [6.07, 6.45) is 6.76. The van der Waals surface area contributed by atoms with Crippen LogP contribution in [0.3, 0.4) is 0 Å². The number of aromatic carboxylic acids is 1. The van der Waals surface area contributed by atoms with Gasteiger partial charge in [0.1, 0.15) is 11.5 Å². The van der Waals surface area contributed by atoms with E-state index in [1.54, 1.807) is 25.3 Å². The molecule has 2 rings (SSSR count). The van der Waals surface area contributed by atoms with Crippen LogP contribution in [0.2, 0.25) is 0 Å². The molecule has 0 fully saturated rings. The van der Waals surface area contributed by atoms with Gasteiger partial charge in [0.15, 0.2) is 0 Å². The molecule has 0 aliphatic carbocycles. The second-order valence-electron chi connectivity index (χ2n) is 5.71. The summed E-state index contributed by atoms with van der Waals surface area (Å²) >= 11 is 0. The molecular weight excluding hydrogens is 316 g/mol. The number of carboxylic acids is 1. The molecule has 2 aromatic carbocycles. The summed E-state index contributed by atoms with van der Waals surface area (Å²) in [7, 11) is 1.65. The van der Waals surface area contributed by atoms with E-state index in [0.717, 1.165) is 30.6 Å². The first-order valence-electron chi connectivity index (χ1n) is 8.43. The molecule has 0 saturated heterocycles. The largest absolute Gasteiger partial charge is 0.497 e. The number of rotatable bonds is 9. The van der Waals surface area contributed by atoms with E-state index in [1.807, 2.05) is 36.4 Å². The molecule has 0 aromatic heterocycles. The lowest BCUT2D eigenvalue weighted by Gasteiger charge is -2.10. The number of ether oxygens (including phenoxy) is 2. The van der Waals surface area contributed by atoms with Gasteiger partial charge in [-0.05, 0) is 42.7 Å². The van der Waals surface area contributed by atoms with Crippen LogP contribution >= 0.6 is 0 Å². The van der Waals surface area contributed by atoms with Crippen LogP contribution in [0.1, 0.15) is 41.3 Å². The van der Waals surface area contributed by atoms with Crippen molar-refractivity contribution in [2.24, 2.45) is 0 Å². The Morgan fingerprint density at radius 1 is 1.16 bits per heavy atom. The molecule has 132 valence electrons. The van der Waals surface area contributed by atoms with Crippen LogP contribution in [0, 0.1) is 0 Å². The maximum atomic E-state index is 11.2. The van der Waals surface area contributed by atoms with Crippen LogP contribution < -0.4 is 9.47 Å². The Balaban J connectivity index is 2.11. The van der Waals surface area contributed by atoms with E-state index in [-0.39, 0.29) is 5.56 Å². The lowest BCUT2D eigenvalue weighted by atomic mass is 10.1. The molecule has 2 aromatic rings. The summed E-state index contributed by atoms with van der Waals surface area (Å²) in [6, 6.07) is 12.9. The van der Waals surface area contributed by atoms with Gasteiger partial charge in [0.25, 0.3) is 0 Å². The van der Waals surface area contributed by atoms with Crippen molar-refractivity contribution in [2.75, 3.05) is 13.7 Å². The summed E-state index contributed by atoms with van der Waals surface area (Å²) in [5, 5.41) is 9.16. The van der Waals surface area contributed by atoms with E-state index in [2.05, 4.69) is 6.92 Å². The fraction of sp³-hybridized carbons (Fsp3) is 0.286. The summed E-state index contributed by atoms with van der Waals surface area (Å²) in [4.78, 5) is 11.2. The number of benzene rings is 2. The zero-order valence-electron chi connectivity index (χ0n) is 14.7. The minimum Gasteiger partial charge on any atom is -0.497 e. The minimum absolute atomic E-state index is 0.235. The van der Waals surface area contributed by atoms with Crippen molar-refractivity contribution in [3.8, 4) is 11.5 Å². The molecule has 0 atom stereocenters. The Morgan fingerprint density at radius 2 is 1.92 bits per heavy atom. The van der Waals surface area contributed by atoms with Crippen LogP contribution in [-0.2, 0) is 6.42 Å². The lowest BCUT2D eigenvalue weighted by Crippen LogP contribution is -2.02. The second-order valence-corrected chi connectivity index (χ2v) is 5.71. The first-order valence-corrected chi connectivity index (χ1v) is 8.43. The Labute approximate surface area is 148 Å². The first-order chi connectivity index (χ1) is 12.1. The van der Waals surface area contributed by atoms with Crippen molar-refractivity contribution in [3.63, 3.8) is 0 Å². The van der Waals surface area contributed by atoms with Crippen molar-refractivity contribution in [2.45, 2.75) is 26.2 Å². The van der Waals surface area contributed by atoms with Gasteiger partial charge in [0.2, 0.25) is 0 Å². The van der Waals surface area contributed by atoms with Crippen LogP contribution in [0.5, 0.6) is 11.5 Å². The Hall–Kier alpha value is -2.75. The molecule has 4 nitrogen and oxygen atoms in total. The van der Waals surface area contributed by atoms with E-state index in [9.17, 15) is 4.79 Å². The van der Waals surface area contributed by atoms with Gasteiger partial charge in [0.05, 0.1) is 19.3 Å². The molecule has 25 heavy (non-hydrogen) atoms. The van der Waals surface area contributed by atoms with Gasteiger partial charge in [-0.25, -0.2) is 4.79 Å². The summed E-state index contributed by atoms with van der Waals surface area (Å²) < 4.78 is 10.9. The maximum absolute atomic E-state index is 11.2. The van der Waals surface area contributed by atoms with Gasteiger partial charge < -0.3 is 14.6 Å². The van der Waals surface area contributed by atoms with Crippen molar-refractivity contribution in [1.29, 1.82) is 0 Å². The highest BCUT2D eigenvalue weighted by Gasteiger charge is 2.08. The lowest BCUT2D eigenvalue weighted by molar-refractivity contribution is 0.0696. The molecule has 0 amide bonds. The van der Waals surface area contributed by atoms with E-state index in [1.165, 1.54) is 5.56 Å². The van der Waals surface area contributed by atoms with Crippen LogP contribution in [-0.4, -0.2) is 24.8 Å². The number of hydrogen-bond donors (Lipinski definition) is 1. The van der Waals surface area contributed by atoms with Crippen molar-refractivity contribution in [1.82, 2.24) is 0 Å². The van der Waals surface area contributed by atoms with Crippen LogP contribution in [0.15, 0.2) is 48.5 Å². The number of allylic oxidation sites excluding steroid dienone is 1. The molecule has 0 unspecified atom stereocenters. The molecule has 4 heteroatoms. The molecule has 0 bridgehead atoms. The fourth-order valence-corrected chi connectivity index (χ4v) is 2.34. The summed E-state index contributed by atoms with van der Waals surface area (Å²) in [6.45, 7) is 2.67. The SMILES string of the molecule is CCCCOc1cc(C(=O)O)ccc1/C=C/Cc1ccc(OC)cc1. The third-order valence-electron chi connectivity index (χ3n) is 3.83. The number of methoxy groups -OCH3 is 1. The van der Waals surface area contributed by atoms with Crippen molar-refractivity contribution >= 4 is 12.0 Å². The monoisotopic (exact) mass is 340 g/mol. The normalized spacial score (nSPS) is 10.8. The Morgan fingerprint density at radius 3 is 2.56 bits per heavy atom. The van der Waals surface area contributed by atoms with Gasteiger partial charge in [0, 0.05) is 5.56 Å². The highest BCUT2D eigenvalue weighted by molar-refractivity contribution is 5.88. The number of carboxylic acid groups (broad SMARTS) is 1. The van der Waals surface area contributed by atoms with Gasteiger partial charge >= 0.3 is 5.97 Å². The quantitative estimate of drug-likeness (QED) is 0.664. The van der Waals surface area contributed by atoms with E-state index in [0.29, 0.717) is 12.4 Å². The van der Waals surface area contributed by atoms with Crippen LogP contribution in [0.25, 0.3) is 6.08 Å². The predicted molar refractivity (Wildman–Crippen MR) is 99.5 cm³/mol. The zero-order valence-corrected chi connectivity index (χ0v) is 14.7. The average molecular weight is 340 g/mol. The molecule has 0 heterocycles. The highest BCUT2D eigenvalue weighted by atomic mass is 16.5. The van der Waals surface area contributed by atoms with Crippen LogP contribution in [0.4, 0.5) is 0 Å². The minimum atomic E-state index is -0.950. The smallest absolute Gasteiger partial charge is 0.335 e. The van der Waals surface area contributed by atoms with Gasteiger partial charge in [-0.2, -0.15) is 0 Å². The number of hydrogen-bond acceptors (Lipinski definition) is 3. The van der Waals surface area contributed by atoms with E-state index >= 15 is 0 Å². The first kappa shape index (κ1) is 18.6. The topological polar surface area (TPSA) is 55.8 Å². The van der Waals surface area contributed by atoms with E-state index < -0.39 is 5.97 Å². The third-order valence-corrected chi connectivity index (χ3v) is 3.83. The summed E-state index contributed by atoms with van der Waals surface area (Å²) in [5.41, 5.74) is 2.29. The Bertz CT molecular complexity index is 717. The van der Waals surface area contributed by atoms with Gasteiger partial charge in [-0.1, -0.05) is 43.7 Å². The van der Waals surface area contributed by atoms with Gasteiger partial charge in [-0.15, -0.1) is 0 Å². The molecule has 0 spiro atoms. The molecular formula is C21H24O4. The third kappa shape index (κ3) is 5.68. The Kier molecular flexibility index (Phi) is 7.08. The van der Waals surface area contributed by atoms with Crippen molar-refractivity contribution < 1.29 is 19.4 Å². The molecule has 0 aliphatic heterocycles. The summed E-state index contributed by atoms with van der Waals surface area (Å²) in [5.74, 6) is 0.497. The molecule has 0 radical (unpaired) electrons. The average Bonchev–Trinajstić information content (AvgIpc) is 2.63. The number of unbranched alkanes of at least 4 members (excludes halogenated alkanes) is 1. The molecule has 1 N–H and O–H groups in total. The maximum Gasteiger partial charge on any atom is 0.335 e.